The lowest BCUT2D eigenvalue weighted by Crippen LogP contribution is -2.04. The van der Waals surface area contributed by atoms with E-state index >= 15 is 0 Å². The number of aromatic nitrogens is 3. The van der Waals surface area contributed by atoms with E-state index in [4.69, 9.17) is 28.9 Å². The maximum atomic E-state index is 13.1. The van der Waals surface area contributed by atoms with Crippen molar-refractivity contribution >= 4 is 62.2 Å². The highest BCUT2D eigenvalue weighted by molar-refractivity contribution is 7.99. The van der Waals surface area contributed by atoms with Crippen LogP contribution in [0.1, 0.15) is 11.3 Å². The molecule has 0 aromatic carbocycles. The van der Waals surface area contributed by atoms with Crippen LogP contribution >= 0.6 is 46.3 Å². The standard InChI is InChI=1S/C14H9Cl2F3N4S2/c15-9-4-10(20)23-13(22-9)24-2-1-6-3-7-8(14(17,18)19)5-25-11(7)12(16)21-6/h3-5H,1-2H2,(H2,20,22,23). The summed E-state index contributed by atoms with van der Waals surface area (Å²) in [7, 11) is 0. The van der Waals surface area contributed by atoms with E-state index in [0.717, 1.165) is 16.7 Å². The fraction of sp³-hybridized carbons (Fsp3) is 0.214. The van der Waals surface area contributed by atoms with Gasteiger partial charge in [0.05, 0.1) is 10.3 Å². The summed E-state index contributed by atoms with van der Waals surface area (Å²) in [5, 5.41) is 1.82. The van der Waals surface area contributed by atoms with Gasteiger partial charge in [-0.1, -0.05) is 35.0 Å². The summed E-state index contributed by atoms with van der Waals surface area (Å²) in [6.45, 7) is 0. The highest BCUT2D eigenvalue weighted by Crippen LogP contribution is 2.40. The van der Waals surface area contributed by atoms with Crippen molar-refractivity contribution in [3.05, 3.63) is 39.1 Å². The summed E-state index contributed by atoms with van der Waals surface area (Å²) in [5.74, 6) is 0.735. The zero-order valence-corrected chi connectivity index (χ0v) is 15.4. The lowest BCUT2D eigenvalue weighted by Gasteiger charge is -2.07. The number of hydrogen-bond donors (Lipinski definition) is 1. The van der Waals surface area contributed by atoms with Crippen LogP contribution in [-0.4, -0.2) is 20.7 Å². The molecule has 0 spiro atoms. The third-order valence-electron chi connectivity index (χ3n) is 3.16. The quantitative estimate of drug-likeness (QED) is 0.265. The van der Waals surface area contributed by atoms with Gasteiger partial charge in [0.25, 0.3) is 0 Å². The number of fused-ring (bicyclic) bond motifs is 1. The van der Waals surface area contributed by atoms with Crippen molar-refractivity contribution in [2.24, 2.45) is 0 Å². The molecule has 0 saturated carbocycles. The maximum Gasteiger partial charge on any atom is 0.417 e. The summed E-state index contributed by atoms with van der Waals surface area (Å²) in [6, 6.07) is 2.85. The van der Waals surface area contributed by atoms with Gasteiger partial charge in [0.2, 0.25) is 0 Å². The van der Waals surface area contributed by atoms with E-state index in [1.54, 1.807) is 0 Å². The van der Waals surface area contributed by atoms with Crippen LogP contribution < -0.4 is 5.73 Å². The molecule has 0 amide bonds. The molecular weight excluding hydrogens is 416 g/mol. The number of nitrogens with zero attached hydrogens (tertiary/aromatic N) is 3. The normalized spacial score (nSPS) is 12.0. The number of thioether (sulfide) groups is 1. The van der Waals surface area contributed by atoms with Gasteiger partial charge < -0.3 is 5.73 Å². The molecule has 0 radical (unpaired) electrons. The topological polar surface area (TPSA) is 64.7 Å². The summed E-state index contributed by atoms with van der Waals surface area (Å²) in [5.41, 5.74) is 5.35. The van der Waals surface area contributed by atoms with E-state index in [0.29, 0.717) is 27.7 Å². The zero-order chi connectivity index (χ0) is 18.2. The molecule has 0 saturated heterocycles. The largest absolute Gasteiger partial charge is 0.417 e. The Morgan fingerprint density at radius 1 is 1.16 bits per heavy atom. The number of rotatable bonds is 4. The number of hydrogen-bond acceptors (Lipinski definition) is 6. The average molecular weight is 425 g/mol. The summed E-state index contributed by atoms with van der Waals surface area (Å²) in [6.07, 6.45) is -4.04. The van der Waals surface area contributed by atoms with Crippen molar-refractivity contribution in [1.82, 2.24) is 15.0 Å². The van der Waals surface area contributed by atoms with E-state index in [1.807, 2.05) is 0 Å². The van der Waals surface area contributed by atoms with E-state index in [9.17, 15) is 13.2 Å². The molecular formula is C14H9Cl2F3N4S2. The first kappa shape index (κ1) is 18.5. The minimum Gasteiger partial charge on any atom is -0.384 e. The van der Waals surface area contributed by atoms with Gasteiger partial charge in [-0.05, 0) is 12.5 Å². The van der Waals surface area contributed by atoms with Gasteiger partial charge in [-0.2, -0.15) is 13.2 Å². The lowest BCUT2D eigenvalue weighted by atomic mass is 10.1. The minimum absolute atomic E-state index is 0.0701. The van der Waals surface area contributed by atoms with E-state index in [1.165, 1.54) is 23.9 Å². The van der Waals surface area contributed by atoms with E-state index in [-0.39, 0.29) is 21.5 Å². The van der Waals surface area contributed by atoms with Crippen LogP contribution in [0.3, 0.4) is 0 Å². The van der Waals surface area contributed by atoms with E-state index < -0.39 is 11.7 Å². The number of thiophene rings is 1. The Kier molecular flexibility index (Phi) is 5.29. The molecule has 11 heteroatoms. The van der Waals surface area contributed by atoms with Crippen LogP contribution in [0.2, 0.25) is 10.3 Å². The zero-order valence-electron chi connectivity index (χ0n) is 12.3. The fourth-order valence-corrected chi connectivity index (χ4v) is 4.47. The summed E-state index contributed by atoms with van der Waals surface area (Å²) < 4.78 is 39.5. The minimum atomic E-state index is -4.43. The molecule has 0 aliphatic heterocycles. The van der Waals surface area contributed by atoms with Crippen LogP contribution in [0.4, 0.5) is 19.0 Å². The first-order valence-corrected chi connectivity index (χ1v) is 9.43. The predicted octanol–water partition coefficient (Wildman–Crippen LogP) is 5.33. The Morgan fingerprint density at radius 3 is 2.60 bits per heavy atom. The number of anilines is 1. The number of nitrogens with two attached hydrogens (primary N) is 1. The monoisotopic (exact) mass is 424 g/mol. The number of pyridine rings is 1. The van der Waals surface area contributed by atoms with Gasteiger partial charge in [-0.3, -0.25) is 0 Å². The molecule has 2 N–H and O–H groups in total. The van der Waals surface area contributed by atoms with Crippen LogP contribution in [-0.2, 0) is 12.6 Å². The highest BCUT2D eigenvalue weighted by atomic mass is 35.5. The molecule has 0 bridgehead atoms. The highest BCUT2D eigenvalue weighted by Gasteiger charge is 2.34. The summed E-state index contributed by atoms with van der Waals surface area (Å²) in [4.78, 5) is 12.2. The van der Waals surface area contributed by atoms with Gasteiger partial charge in [-0.15, -0.1) is 11.3 Å². The number of nitrogen functional groups attached to an aromatic ring is 1. The molecule has 3 aromatic rings. The second-order valence-corrected chi connectivity index (χ2v) is 7.61. The van der Waals surface area contributed by atoms with Gasteiger partial charge in [-0.25, -0.2) is 15.0 Å². The molecule has 0 fully saturated rings. The summed E-state index contributed by atoms with van der Waals surface area (Å²) >= 11 is 14.0. The fourth-order valence-electron chi connectivity index (χ4n) is 2.12. The number of halogens is 5. The Morgan fingerprint density at radius 2 is 1.92 bits per heavy atom. The van der Waals surface area contributed by atoms with Crippen molar-refractivity contribution in [3.8, 4) is 0 Å². The molecule has 4 nitrogen and oxygen atoms in total. The van der Waals surface area contributed by atoms with Gasteiger partial charge in [0.15, 0.2) is 5.16 Å². The average Bonchev–Trinajstić information content (AvgIpc) is 2.90. The molecule has 0 unspecified atom stereocenters. The van der Waals surface area contributed by atoms with Gasteiger partial charge in [0, 0.05) is 28.3 Å². The first-order chi connectivity index (χ1) is 11.7. The Hall–Kier alpha value is -1.29. The molecule has 3 rings (SSSR count). The molecule has 0 aliphatic carbocycles. The van der Waals surface area contributed by atoms with Gasteiger partial charge in [0.1, 0.15) is 16.1 Å². The Bertz CT molecular complexity index is 910. The third kappa shape index (κ3) is 4.28. The maximum absolute atomic E-state index is 13.1. The van der Waals surface area contributed by atoms with Gasteiger partial charge >= 0.3 is 6.18 Å². The molecule has 0 aliphatic rings. The second-order valence-electron chi connectivity index (χ2n) is 4.92. The molecule has 0 atom stereocenters. The van der Waals surface area contributed by atoms with Crippen molar-refractivity contribution < 1.29 is 13.2 Å². The van der Waals surface area contributed by atoms with Crippen molar-refractivity contribution in [2.45, 2.75) is 17.8 Å². The van der Waals surface area contributed by atoms with Crippen molar-refractivity contribution in [1.29, 1.82) is 0 Å². The molecule has 3 heterocycles. The lowest BCUT2D eigenvalue weighted by molar-refractivity contribution is -0.136. The smallest absolute Gasteiger partial charge is 0.384 e. The molecule has 3 aromatic heterocycles. The van der Waals surface area contributed by atoms with Crippen molar-refractivity contribution in [3.63, 3.8) is 0 Å². The number of alkyl halides is 3. The Labute approximate surface area is 158 Å². The molecule has 132 valence electrons. The van der Waals surface area contributed by atoms with E-state index in [2.05, 4.69) is 15.0 Å². The third-order valence-corrected chi connectivity index (χ3v) is 5.59. The predicted molar refractivity (Wildman–Crippen MR) is 95.5 cm³/mol. The van der Waals surface area contributed by atoms with Crippen LogP contribution in [0.15, 0.2) is 22.7 Å². The first-order valence-electron chi connectivity index (χ1n) is 6.80. The molecule has 25 heavy (non-hydrogen) atoms. The number of aryl methyl sites for hydroxylation is 1. The SMILES string of the molecule is Nc1cc(Cl)nc(SCCc2cc3c(C(F)(F)F)csc3c(Cl)n2)n1. The van der Waals surface area contributed by atoms with Crippen LogP contribution in [0.25, 0.3) is 10.1 Å². The second kappa shape index (κ2) is 7.14. The van der Waals surface area contributed by atoms with Crippen LogP contribution in [0.5, 0.6) is 0 Å². The van der Waals surface area contributed by atoms with Crippen LogP contribution in [0, 0.1) is 0 Å². The Balaban J connectivity index is 1.79. The van der Waals surface area contributed by atoms with Crippen molar-refractivity contribution in [2.75, 3.05) is 11.5 Å².